The molecular formula is C15H14ClN3O2. The summed E-state index contributed by atoms with van der Waals surface area (Å²) < 4.78 is 0. The highest BCUT2D eigenvalue weighted by atomic mass is 35.5. The van der Waals surface area contributed by atoms with E-state index in [1.807, 2.05) is 30.3 Å². The molecule has 0 saturated carbocycles. The van der Waals surface area contributed by atoms with Gasteiger partial charge in [0.15, 0.2) is 0 Å². The highest BCUT2D eigenvalue weighted by Gasteiger charge is 2.23. The van der Waals surface area contributed by atoms with Crippen molar-refractivity contribution < 1.29 is 10.0 Å². The summed E-state index contributed by atoms with van der Waals surface area (Å²) in [6.07, 6.45) is 7.28. The van der Waals surface area contributed by atoms with Crippen LogP contribution >= 0.6 is 11.6 Å². The van der Waals surface area contributed by atoms with Crippen molar-refractivity contribution in [3.63, 3.8) is 0 Å². The molecule has 0 fully saturated rings. The fraction of sp³-hybridized carbons (Fsp3) is 0.133. The lowest BCUT2D eigenvalue weighted by atomic mass is 10.1. The van der Waals surface area contributed by atoms with Crippen molar-refractivity contribution in [2.75, 3.05) is 6.54 Å². The standard InChI is InChI=1S/C15H14ClN3O2/c16-13-3-1-11(2-4-13)9-18-7-5-12-6-8-19(10-14(12)18)15(20)17-21/h1-6,8,10,21H,7,9H2,(H,17,20). The lowest BCUT2D eigenvalue weighted by Gasteiger charge is -2.26. The maximum atomic E-state index is 11.5. The van der Waals surface area contributed by atoms with E-state index < -0.39 is 6.03 Å². The molecule has 6 heteroatoms. The van der Waals surface area contributed by atoms with Gasteiger partial charge in [0, 0.05) is 30.5 Å². The maximum absolute atomic E-state index is 11.5. The van der Waals surface area contributed by atoms with Crippen molar-refractivity contribution in [2.45, 2.75) is 6.54 Å². The van der Waals surface area contributed by atoms with Gasteiger partial charge in [0.2, 0.25) is 0 Å². The number of urea groups is 1. The molecule has 0 unspecified atom stereocenters. The highest BCUT2D eigenvalue weighted by molar-refractivity contribution is 6.30. The molecule has 0 radical (unpaired) electrons. The summed E-state index contributed by atoms with van der Waals surface area (Å²) in [6, 6.07) is 7.11. The second kappa shape index (κ2) is 5.63. The molecule has 5 nitrogen and oxygen atoms in total. The molecule has 2 heterocycles. The smallest absolute Gasteiger partial charge is 0.349 e. The molecule has 0 aliphatic carbocycles. The largest absolute Gasteiger partial charge is 0.362 e. The summed E-state index contributed by atoms with van der Waals surface area (Å²) in [5, 5.41) is 9.42. The van der Waals surface area contributed by atoms with Crippen LogP contribution in [0.1, 0.15) is 5.56 Å². The predicted molar refractivity (Wildman–Crippen MR) is 79.3 cm³/mol. The first-order valence-electron chi connectivity index (χ1n) is 6.50. The number of fused-ring (bicyclic) bond motifs is 1. The molecule has 0 spiro atoms. The second-order valence-corrected chi connectivity index (χ2v) is 5.26. The van der Waals surface area contributed by atoms with E-state index >= 15 is 0 Å². The molecule has 0 atom stereocenters. The lowest BCUT2D eigenvalue weighted by Crippen LogP contribution is -2.33. The number of amides is 2. The molecule has 1 aromatic rings. The highest BCUT2D eigenvalue weighted by Crippen LogP contribution is 2.29. The number of nitrogens with one attached hydrogen (secondary N) is 1. The number of halogens is 1. The van der Waals surface area contributed by atoms with E-state index in [-0.39, 0.29) is 0 Å². The normalized spacial score (nSPS) is 16.5. The fourth-order valence-electron chi connectivity index (χ4n) is 2.38. The topological polar surface area (TPSA) is 55.8 Å². The summed E-state index contributed by atoms with van der Waals surface area (Å²) in [5.41, 5.74) is 4.79. The maximum Gasteiger partial charge on any atom is 0.349 e. The monoisotopic (exact) mass is 303 g/mol. The van der Waals surface area contributed by atoms with E-state index in [4.69, 9.17) is 16.8 Å². The molecule has 0 aromatic heterocycles. The van der Waals surface area contributed by atoms with Crippen LogP contribution in [0.15, 0.2) is 60.1 Å². The van der Waals surface area contributed by atoms with Gasteiger partial charge in [0.1, 0.15) is 0 Å². The number of hydrogen-bond donors (Lipinski definition) is 2. The molecule has 2 aliphatic heterocycles. The zero-order chi connectivity index (χ0) is 14.8. The van der Waals surface area contributed by atoms with Gasteiger partial charge in [-0.25, -0.2) is 10.3 Å². The summed E-state index contributed by atoms with van der Waals surface area (Å²) in [7, 11) is 0. The molecule has 3 rings (SSSR count). The molecule has 0 saturated heterocycles. The van der Waals surface area contributed by atoms with Gasteiger partial charge in [-0.05, 0) is 29.3 Å². The number of hydroxylamine groups is 1. The minimum Gasteiger partial charge on any atom is -0.362 e. The van der Waals surface area contributed by atoms with Crippen LogP contribution in [0.3, 0.4) is 0 Å². The van der Waals surface area contributed by atoms with Gasteiger partial charge in [-0.2, -0.15) is 0 Å². The van der Waals surface area contributed by atoms with Crippen LogP contribution in [-0.4, -0.2) is 27.6 Å². The number of rotatable bonds is 2. The summed E-state index contributed by atoms with van der Waals surface area (Å²) >= 11 is 5.89. The third-order valence-electron chi connectivity index (χ3n) is 3.46. The minimum atomic E-state index is -0.587. The van der Waals surface area contributed by atoms with Crippen LogP contribution in [0, 0.1) is 0 Å². The molecule has 2 N–H and O–H groups in total. The van der Waals surface area contributed by atoms with E-state index in [9.17, 15) is 4.79 Å². The van der Waals surface area contributed by atoms with Crippen LogP contribution in [0.5, 0.6) is 0 Å². The minimum absolute atomic E-state index is 0.587. The first kappa shape index (κ1) is 13.7. The number of allylic oxidation sites excluding steroid dienone is 1. The molecular weight excluding hydrogens is 290 g/mol. The zero-order valence-corrected chi connectivity index (χ0v) is 11.9. The van der Waals surface area contributed by atoms with Gasteiger partial charge < -0.3 is 4.90 Å². The number of hydrogen-bond acceptors (Lipinski definition) is 3. The van der Waals surface area contributed by atoms with Crippen LogP contribution in [0.25, 0.3) is 0 Å². The molecule has 21 heavy (non-hydrogen) atoms. The summed E-state index contributed by atoms with van der Waals surface area (Å²) in [4.78, 5) is 14.9. The molecule has 2 aliphatic rings. The summed E-state index contributed by atoms with van der Waals surface area (Å²) in [6.45, 7) is 1.51. The Kier molecular flexibility index (Phi) is 3.68. The third-order valence-corrected chi connectivity index (χ3v) is 3.71. The van der Waals surface area contributed by atoms with Gasteiger partial charge in [0.05, 0.1) is 5.70 Å². The SMILES string of the molecule is O=C(NO)N1C=CC2=CCN(Cc3ccc(Cl)cc3)C2=C1. The van der Waals surface area contributed by atoms with E-state index in [1.54, 1.807) is 17.9 Å². The van der Waals surface area contributed by atoms with E-state index in [0.717, 1.165) is 29.9 Å². The fourth-order valence-corrected chi connectivity index (χ4v) is 2.51. The average Bonchev–Trinajstić information content (AvgIpc) is 2.91. The summed E-state index contributed by atoms with van der Waals surface area (Å²) in [5.74, 6) is 0. The molecule has 1 aromatic carbocycles. The van der Waals surface area contributed by atoms with Gasteiger partial charge in [-0.1, -0.05) is 29.8 Å². The Morgan fingerprint density at radius 2 is 2.10 bits per heavy atom. The van der Waals surface area contributed by atoms with Gasteiger partial charge >= 0.3 is 6.03 Å². The number of nitrogens with zero attached hydrogens (tertiary/aromatic N) is 2. The second-order valence-electron chi connectivity index (χ2n) is 4.82. The van der Waals surface area contributed by atoms with Crippen molar-refractivity contribution in [1.82, 2.24) is 15.3 Å². The van der Waals surface area contributed by atoms with Gasteiger partial charge in [-0.15, -0.1) is 0 Å². The van der Waals surface area contributed by atoms with Crippen molar-refractivity contribution >= 4 is 17.6 Å². The Hall–Kier alpha value is -2.24. The average molecular weight is 304 g/mol. The van der Waals surface area contributed by atoms with Crippen LogP contribution in [-0.2, 0) is 6.54 Å². The Bertz CT molecular complexity index is 649. The van der Waals surface area contributed by atoms with E-state index in [0.29, 0.717) is 5.02 Å². The predicted octanol–water partition coefficient (Wildman–Crippen LogP) is 2.85. The molecule has 0 bridgehead atoms. The van der Waals surface area contributed by atoms with Crippen molar-refractivity contribution in [3.8, 4) is 0 Å². The zero-order valence-electron chi connectivity index (χ0n) is 11.2. The van der Waals surface area contributed by atoms with Crippen molar-refractivity contribution in [3.05, 3.63) is 70.7 Å². The number of carbonyl (C=O) groups is 1. The number of carbonyl (C=O) groups excluding carboxylic acids is 1. The lowest BCUT2D eigenvalue weighted by molar-refractivity contribution is 0.148. The Morgan fingerprint density at radius 3 is 2.81 bits per heavy atom. The Labute approximate surface area is 127 Å². The van der Waals surface area contributed by atoms with Gasteiger partial charge in [0.25, 0.3) is 0 Å². The molecule has 108 valence electrons. The molecule has 2 amide bonds. The van der Waals surface area contributed by atoms with E-state index in [1.165, 1.54) is 4.90 Å². The Balaban J connectivity index is 1.78. The van der Waals surface area contributed by atoms with Crippen molar-refractivity contribution in [1.29, 1.82) is 0 Å². The van der Waals surface area contributed by atoms with Crippen LogP contribution in [0.2, 0.25) is 5.02 Å². The third kappa shape index (κ3) is 2.79. The first-order valence-corrected chi connectivity index (χ1v) is 6.87. The Morgan fingerprint density at radius 1 is 1.33 bits per heavy atom. The quantitative estimate of drug-likeness (QED) is 0.652. The van der Waals surface area contributed by atoms with Crippen LogP contribution < -0.4 is 5.48 Å². The first-order chi connectivity index (χ1) is 10.2. The van der Waals surface area contributed by atoms with E-state index in [2.05, 4.69) is 11.0 Å². The van der Waals surface area contributed by atoms with Crippen LogP contribution in [0.4, 0.5) is 4.79 Å². The van der Waals surface area contributed by atoms with Gasteiger partial charge in [-0.3, -0.25) is 10.1 Å². The number of benzene rings is 1. The van der Waals surface area contributed by atoms with Crippen molar-refractivity contribution in [2.24, 2.45) is 0 Å².